The molecule has 0 saturated carbocycles. The highest BCUT2D eigenvalue weighted by atomic mass is 16.5. The van der Waals surface area contributed by atoms with E-state index in [-0.39, 0.29) is 17.8 Å². The largest absolute Gasteiger partial charge is 0.506 e. The van der Waals surface area contributed by atoms with Crippen LogP contribution in [-0.4, -0.2) is 38.5 Å². The first kappa shape index (κ1) is 13.6. The summed E-state index contributed by atoms with van der Waals surface area (Å²) in [5.41, 5.74) is 0.892. The Morgan fingerprint density at radius 1 is 1.48 bits per heavy atom. The molecule has 0 radical (unpaired) electrons. The van der Waals surface area contributed by atoms with Crippen molar-refractivity contribution >= 4 is 11.6 Å². The van der Waals surface area contributed by atoms with Gasteiger partial charge in [-0.15, -0.1) is 0 Å². The minimum Gasteiger partial charge on any atom is -0.506 e. The fourth-order valence-corrected chi connectivity index (χ4v) is 2.28. The van der Waals surface area contributed by atoms with Crippen LogP contribution in [0, 0.1) is 0 Å². The second-order valence-corrected chi connectivity index (χ2v) is 4.97. The Morgan fingerprint density at radius 3 is 3.14 bits per heavy atom. The van der Waals surface area contributed by atoms with Crippen LogP contribution in [0.4, 0.5) is 5.69 Å². The van der Waals surface area contributed by atoms with Crippen LogP contribution in [0.5, 0.6) is 5.75 Å². The molecule has 1 unspecified atom stereocenters. The van der Waals surface area contributed by atoms with Gasteiger partial charge in [-0.1, -0.05) is 0 Å². The van der Waals surface area contributed by atoms with Gasteiger partial charge in [-0.3, -0.25) is 14.5 Å². The molecule has 1 saturated heterocycles. The lowest BCUT2D eigenvalue weighted by molar-refractivity contribution is 0.0940. The van der Waals surface area contributed by atoms with E-state index in [4.69, 9.17) is 4.74 Å². The molecule has 3 rings (SSSR count). The Bertz CT molecular complexity index is 635. The molecule has 1 amide bonds. The topological polar surface area (TPSA) is 89.3 Å². The SMILES string of the molecule is O=C(Nc1cnn(CC2CCCO2)c1)c1cncc(O)c1. The summed E-state index contributed by atoms with van der Waals surface area (Å²) in [5, 5.41) is 16.2. The molecule has 1 fully saturated rings. The summed E-state index contributed by atoms with van der Waals surface area (Å²) in [5.74, 6) is -0.383. The van der Waals surface area contributed by atoms with Gasteiger partial charge in [0.1, 0.15) is 5.75 Å². The molecule has 0 aromatic carbocycles. The smallest absolute Gasteiger partial charge is 0.257 e. The van der Waals surface area contributed by atoms with E-state index >= 15 is 0 Å². The number of ether oxygens (including phenoxy) is 1. The van der Waals surface area contributed by atoms with Gasteiger partial charge in [-0.05, 0) is 18.9 Å². The van der Waals surface area contributed by atoms with Crippen molar-refractivity contribution in [2.45, 2.75) is 25.5 Å². The summed E-state index contributed by atoms with van der Waals surface area (Å²) < 4.78 is 7.30. The zero-order valence-electron chi connectivity index (χ0n) is 11.4. The van der Waals surface area contributed by atoms with Gasteiger partial charge >= 0.3 is 0 Å². The predicted molar refractivity (Wildman–Crippen MR) is 75.1 cm³/mol. The minimum absolute atomic E-state index is 0.0447. The van der Waals surface area contributed by atoms with Crippen LogP contribution in [0.15, 0.2) is 30.9 Å². The van der Waals surface area contributed by atoms with E-state index in [0.717, 1.165) is 19.4 Å². The van der Waals surface area contributed by atoms with E-state index in [9.17, 15) is 9.90 Å². The number of aromatic nitrogens is 3. The lowest BCUT2D eigenvalue weighted by Crippen LogP contribution is -2.15. The van der Waals surface area contributed by atoms with E-state index in [1.807, 2.05) is 0 Å². The number of nitrogens with zero attached hydrogens (tertiary/aromatic N) is 3. The molecule has 2 N–H and O–H groups in total. The second-order valence-electron chi connectivity index (χ2n) is 4.97. The number of hydrogen-bond acceptors (Lipinski definition) is 5. The van der Waals surface area contributed by atoms with E-state index in [1.165, 1.54) is 18.5 Å². The van der Waals surface area contributed by atoms with Crippen LogP contribution < -0.4 is 5.32 Å². The molecule has 1 aliphatic rings. The average molecular weight is 288 g/mol. The number of hydrogen-bond donors (Lipinski definition) is 2. The lowest BCUT2D eigenvalue weighted by atomic mass is 10.2. The van der Waals surface area contributed by atoms with Gasteiger partial charge in [0.25, 0.3) is 5.91 Å². The first-order valence-electron chi connectivity index (χ1n) is 6.80. The van der Waals surface area contributed by atoms with Crippen LogP contribution in [0.25, 0.3) is 0 Å². The maximum absolute atomic E-state index is 12.0. The standard InChI is InChI=1S/C14H16N4O3/c19-12-4-10(5-15-7-12)14(20)17-11-6-16-18(8-11)9-13-2-1-3-21-13/h4-8,13,19H,1-3,9H2,(H,17,20). The van der Waals surface area contributed by atoms with Gasteiger partial charge in [0, 0.05) is 19.0 Å². The predicted octanol–water partition coefficient (Wildman–Crippen LogP) is 1.41. The summed E-state index contributed by atoms with van der Waals surface area (Å²) in [6, 6.07) is 1.36. The third-order valence-corrected chi connectivity index (χ3v) is 3.29. The third-order valence-electron chi connectivity index (χ3n) is 3.29. The number of carbonyl (C=O) groups is 1. The van der Waals surface area contributed by atoms with Gasteiger partial charge in [-0.25, -0.2) is 0 Å². The molecular weight excluding hydrogens is 272 g/mol. The van der Waals surface area contributed by atoms with Crippen LogP contribution in [0.3, 0.4) is 0 Å². The Morgan fingerprint density at radius 2 is 2.38 bits per heavy atom. The zero-order chi connectivity index (χ0) is 14.7. The summed E-state index contributed by atoms with van der Waals surface area (Å²) in [7, 11) is 0. The van der Waals surface area contributed by atoms with Crippen LogP contribution in [0.2, 0.25) is 0 Å². The van der Waals surface area contributed by atoms with Crippen molar-refractivity contribution < 1.29 is 14.6 Å². The number of anilines is 1. The van der Waals surface area contributed by atoms with Crippen LogP contribution >= 0.6 is 0 Å². The van der Waals surface area contributed by atoms with Crippen LogP contribution in [0.1, 0.15) is 23.2 Å². The fourth-order valence-electron chi connectivity index (χ4n) is 2.28. The molecule has 7 heteroatoms. The number of pyridine rings is 1. The lowest BCUT2D eigenvalue weighted by Gasteiger charge is -2.08. The maximum atomic E-state index is 12.0. The molecule has 21 heavy (non-hydrogen) atoms. The minimum atomic E-state index is -0.338. The Kier molecular flexibility index (Phi) is 3.83. The Hall–Kier alpha value is -2.41. The van der Waals surface area contributed by atoms with Gasteiger partial charge < -0.3 is 15.2 Å². The molecule has 3 heterocycles. The van der Waals surface area contributed by atoms with Crippen molar-refractivity contribution in [2.24, 2.45) is 0 Å². The average Bonchev–Trinajstić information content (AvgIpc) is 3.11. The molecule has 110 valence electrons. The molecule has 0 aliphatic carbocycles. The molecule has 0 bridgehead atoms. The van der Waals surface area contributed by atoms with Crippen molar-refractivity contribution in [2.75, 3.05) is 11.9 Å². The zero-order valence-corrected chi connectivity index (χ0v) is 11.4. The Balaban J connectivity index is 1.62. The Labute approximate surface area is 121 Å². The molecular formula is C14H16N4O3. The second kappa shape index (κ2) is 5.92. The molecule has 2 aromatic heterocycles. The summed E-state index contributed by atoms with van der Waals surface area (Å²) in [6.07, 6.45) is 8.33. The molecule has 1 aliphatic heterocycles. The summed E-state index contributed by atoms with van der Waals surface area (Å²) in [4.78, 5) is 15.8. The van der Waals surface area contributed by atoms with E-state index < -0.39 is 0 Å². The van der Waals surface area contributed by atoms with Crippen molar-refractivity contribution in [3.63, 3.8) is 0 Å². The quantitative estimate of drug-likeness (QED) is 0.888. The maximum Gasteiger partial charge on any atom is 0.257 e. The highest BCUT2D eigenvalue weighted by Crippen LogP contribution is 2.16. The van der Waals surface area contributed by atoms with Gasteiger partial charge in [0.2, 0.25) is 0 Å². The number of carbonyl (C=O) groups excluding carboxylic acids is 1. The first-order chi connectivity index (χ1) is 10.2. The number of nitrogens with one attached hydrogen (secondary N) is 1. The van der Waals surface area contributed by atoms with Gasteiger partial charge in [0.05, 0.1) is 36.3 Å². The van der Waals surface area contributed by atoms with E-state index in [2.05, 4.69) is 15.4 Å². The normalized spacial score (nSPS) is 17.8. The number of aromatic hydroxyl groups is 1. The molecule has 1 atom stereocenters. The molecule has 7 nitrogen and oxygen atoms in total. The number of rotatable bonds is 4. The molecule has 0 spiro atoms. The van der Waals surface area contributed by atoms with Gasteiger partial charge in [-0.2, -0.15) is 5.10 Å². The summed E-state index contributed by atoms with van der Waals surface area (Å²) >= 11 is 0. The van der Waals surface area contributed by atoms with E-state index in [1.54, 1.807) is 17.1 Å². The summed E-state index contributed by atoms with van der Waals surface area (Å²) in [6.45, 7) is 1.49. The first-order valence-corrected chi connectivity index (χ1v) is 6.80. The van der Waals surface area contributed by atoms with Crippen LogP contribution in [-0.2, 0) is 11.3 Å². The van der Waals surface area contributed by atoms with Crippen molar-refractivity contribution in [1.29, 1.82) is 0 Å². The van der Waals surface area contributed by atoms with Crippen molar-refractivity contribution in [3.05, 3.63) is 36.4 Å². The van der Waals surface area contributed by atoms with Crippen molar-refractivity contribution in [3.8, 4) is 5.75 Å². The van der Waals surface area contributed by atoms with E-state index in [0.29, 0.717) is 17.8 Å². The molecule has 2 aromatic rings. The van der Waals surface area contributed by atoms with Crippen molar-refractivity contribution in [1.82, 2.24) is 14.8 Å². The van der Waals surface area contributed by atoms with Gasteiger partial charge in [0.15, 0.2) is 0 Å². The highest BCUT2D eigenvalue weighted by Gasteiger charge is 2.16. The monoisotopic (exact) mass is 288 g/mol. The third kappa shape index (κ3) is 3.38. The fraction of sp³-hybridized carbons (Fsp3) is 0.357. The highest BCUT2D eigenvalue weighted by molar-refractivity contribution is 6.04. The number of amides is 1.